The Morgan fingerprint density at radius 1 is 1.33 bits per heavy atom. The molecule has 0 saturated carbocycles. The fourth-order valence-electron chi connectivity index (χ4n) is 2.82. The van der Waals surface area contributed by atoms with Gasteiger partial charge in [-0.2, -0.15) is 0 Å². The largest absolute Gasteiger partial charge is 0.384 e. The molecule has 3 aromatic rings. The summed E-state index contributed by atoms with van der Waals surface area (Å²) in [5.41, 5.74) is 2.02. The normalized spacial score (nSPS) is 10.4. The molecule has 0 atom stereocenters. The van der Waals surface area contributed by atoms with Crippen molar-refractivity contribution in [3.05, 3.63) is 53.5 Å². The van der Waals surface area contributed by atoms with Crippen LogP contribution in [0.25, 0.3) is 11.0 Å². The average Bonchev–Trinajstić information content (AvgIpc) is 2.93. The Kier molecular flexibility index (Phi) is 5.38. The zero-order valence-corrected chi connectivity index (χ0v) is 15.0. The van der Waals surface area contributed by atoms with Gasteiger partial charge in [-0.15, -0.1) is 0 Å². The fourth-order valence-corrected chi connectivity index (χ4v) is 2.82. The molecular formula is C20H19FN4O2. The number of amides is 1. The summed E-state index contributed by atoms with van der Waals surface area (Å²) in [5, 5.41) is 15.1. The van der Waals surface area contributed by atoms with Gasteiger partial charge in [-0.3, -0.25) is 4.79 Å². The highest BCUT2D eigenvalue weighted by atomic mass is 19.1. The maximum absolute atomic E-state index is 14.3. The summed E-state index contributed by atoms with van der Waals surface area (Å²) in [6.07, 6.45) is 1.63. The second-order valence-electron chi connectivity index (χ2n) is 5.96. The highest BCUT2D eigenvalue weighted by molar-refractivity contribution is 6.11. The molecule has 7 heteroatoms. The lowest BCUT2D eigenvalue weighted by Crippen LogP contribution is -2.24. The number of aliphatic hydroxyl groups excluding tert-OH is 1. The first-order valence-corrected chi connectivity index (χ1v) is 8.34. The minimum Gasteiger partial charge on any atom is -0.384 e. The van der Waals surface area contributed by atoms with Gasteiger partial charge >= 0.3 is 0 Å². The molecule has 1 amide bonds. The van der Waals surface area contributed by atoms with E-state index in [0.29, 0.717) is 22.4 Å². The van der Waals surface area contributed by atoms with Gasteiger partial charge in [0, 0.05) is 18.6 Å². The number of benzene rings is 1. The van der Waals surface area contributed by atoms with Gasteiger partial charge in [0.1, 0.15) is 23.9 Å². The lowest BCUT2D eigenvalue weighted by atomic mass is 10.1. The number of rotatable bonds is 4. The summed E-state index contributed by atoms with van der Waals surface area (Å²) in [7, 11) is 1.76. The molecule has 3 rings (SSSR count). The molecule has 0 bridgehead atoms. The van der Waals surface area contributed by atoms with Crippen molar-refractivity contribution in [1.29, 1.82) is 0 Å². The van der Waals surface area contributed by atoms with Gasteiger partial charge in [0.05, 0.1) is 17.8 Å². The van der Waals surface area contributed by atoms with Crippen LogP contribution in [0.4, 0.5) is 15.9 Å². The van der Waals surface area contributed by atoms with Crippen LogP contribution in [0.2, 0.25) is 0 Å². The molecule has 0 radical (unpaired) electrons. The summed E-state index contributed by atoms with van der Waals surface area (Å²) in [5.74, 6) is 4.77. The van der Waals surface area contributed by atoms with Crippen LogP contribution in [-0.4, -0.2) is 33.7 Å². The highest BCUT2D eigenvalue weighted by Gasteiger charge is 2.22. The van der Waals surface area contributed by atoms with Crippen LogP contribution in [0, 0.1) is 24.6 Å². The molecule has 2 heterocycles. The summed E-state index contributed by atoms with van der Waals surface area (Å²) in [6, 6.07) is 8.36. The SMILES string of the molecule is Cc1ccc(Nc2c(C(=O)NCC#CCO)c3cccnc3n2C)c(F)c1. The number of pyridine rings is 1. The van der Waals surface area contributed by atoms with Gasteiger partial charge in [0.25, 0.3) is 5.91 Å². The predicted octanol–water partition coefficient (Wildman–Crippen LogP) is 2.49. The Balaban J connectivity index is 2.05. The molecular weight excluding hydrogens is 347 g/mol. The van der Waals surface area contributed by atoms with Crippen LogP contribution in [0.5, 0.6) is 0 Å². The molecule has 0 saturated heterocycles. The van der Waals surface area contributed by atoms with Crippen LogP contribution < -0.4 is 10.6 Å². The van der Waals surface area contributed by atoms with E-state index in [-0.39, 0.29) is 24.7 Å². The minimum atomic E-state index is -0.409. The lowest BCUT2D eigenvalue weighted by molar-refractivity contribution is 0.0961. The smallest absolute Gasteiger partial charge is 0.256 e. The number of fused-ring (bicyclic) bond motifs is 1. The molecule has 0 aliphatic rings. The zero-order chi connectivity index (χ0) is 19.4. The van der Waals surface area contributed by atoms with E-state index in [1.54, 1.807) is 49.0 Å². The third-order valence-corrected chi connectivity index (χ3v) is 4.09. The Morgan fingerprint density at radius 3 is 2.89 bits per heavy atom. The Bertz CT molecular complexity index is 1060. The number of nitrogens with one attached hydrogen (secondary N) is 2. The molecule has 0 spiro atoms. The summed E-state index contributed by atoms with van der Waals surface area (Å²) >= 11 is 0. The predicted molar refractivity (Wildman–Crippen MR) is 102 cm³/mol. The number of hydrogen-bond donors (Lipinski definition) is 3. The van der Waals surface area contributed by atoms with E-state index in [4.69, 9.17) is 5.11 Å². The Hall–Kier alpha value is -3.37. The summed E-state index contributed by atoms with van der Waals surface area (Å²) in [6.45, 7) is 1.63. The molecule has 138 valence electrons. The maximum atomic E-state index is 14.3. The highest BCUT2D eigenvalue weighted by Crippen LogP contribution is 2.31. The number of aromatic nitrogens is 2. The van der Waals surface area contributed by atoms with Gasteiger partial charge in [-0.25, -0.2) is 9.37 Å². The first kappa shape index (κ1) is 18.4. The second-order valence-corrected chi connectivity index (χ2v) is 5.96. The van der Waals surface area contributed by atoms with Gasteiger partial charge < -0.3 is 20.3 Å². The Labute approximate surface area is 156 Å². The number of carbonyl (C=O) groups excluding carboxylic acids is 1. The second kappa shape index (κ2) is 7.89. The van der Waals surface area contributed by atoms with Gasteiger partial charge in [-0.05, 0) is 36.8 Å². The van der Waals surface area contributed by atoms with Crippen molar-refractivity contribution in [3.63, 3.8) is 0 Å². The molecule has 0 aliphatic heterocycles. The van der Waals surface area contributed by atoms with Crippen molar-refractivity contribution in [2.45, 2.75) is 6.92 Å². The van der Waals surface area contributed by atoms with E-state index in [0.717, 1.165) is 5.56 Å². The first-order valence-electron chi connectivity index (χ1n) is 8.34. The van der Waals surface area contributed by atoms with E-state index in [1.807, 2.05) is 0 Å². The van der Waals surface area contributed by atoms with E-state index in [9.17, 15) is 9.18 Å². The lowest BCUT2D eigenvalue weighted by Gasteiger charge is -2.12. The number of nitrogens with zero attached hydrogens (tertiary/aromatic N) is 2. The quantitative estimate of drug-likeness (QED) is 0.620. The van der Waals surface area contributed by atoms with Gasteiger partial charge in [-0.1, -0.05) is 17.9 Å². The number of hydrogen-bond acceptors (Lipinski definition) is 4. The molecule has 6 nitrogen and oxygen atoms in total. The topological polar surface area (TPSA) is 79.2 Å². The molecule has 0 unspecified atom stereocenters. The molecule has 2 aromatic heterocycles. The number of halogens is 1. The van der Waals surface area contributed by atoms with Gasteiger partial charge in [0.2, 0.25) is 0 Å². The molecule has 27 heavy (non-hydrogen) atoms. The zero-order valence-electron chi connectivity index (χ0n) is 15.0. The molecule has 0 fully saturated rings. The van der Waals surface area contributed by atoms with Crippen molar-refractivity contribution >= 4 is 28.4 Å². The van der Waals surface area contributed by atoms with Crippen molar-refractivity contribution in [1.82, 2.24) is 14.9 Å². The number of aryl methyl sites for hydroxylation is 2. The third-order valence-electron chi connectivity index (χ3n) is 4.09. The Morgan fingerprint density at radius 2 is 2.15 bits per heavy atom. The summed E-state index contributed by atoms with van der Waals surface area (Å²) < 4.78 is 16.0. The molecule has 3 N–H and O–H groups in total. The fraction of sp³-hybridized carbons (Fsp3) is 0.200. The number of anilines is 2. The van der Waals surface area contributed by atoms with Crippen LogP contribution in [0.3, 0.4) is 0 Å². The van der Waals surface area contributed by atoms with E-state index < -0.39 is 5.82 Å². The standard InChI is InChI=1S/C20H19FN4O2/c1-13-7-8-16(15(21)12-13)24-19-17(20(27)23-9-3-4-11-26)14-6-5-10-22-18(14)25(19)2/h5-8,10,12,24,26H,9,11H2,1-2H3,(H,23,27). The first-order chi connectivity index (χ1) is 13.0. The van der Waals surface area contributed by atoms with Crippen molar-refractivity contribution in [2.75, 3.05) is 18.5 Å². The summed E-state index contributed by atoms with van der Waals surface area (Å²) in [4.78, 5) is 17.1. The maximum Gasteiger partial charge on any atom is 0.256 e. The van der Waals surface area contributed by atoms with Gasteiger partial charge in [0.15, 0.2) is 0 Å². The number of aliphatic hydroxyl groups is 1. The van der Waals surface area contributed by atoms with Crippen molar-refractivity contribution < 1.29 is 14.3 Å². The number of carbonyl (C=O) groups is 1. The van der Waals surface area contributed by atoms with Crippen LogP contribution in [0.1, 0.15) is 15.9 Å². The minimum absolute atomic E-state index is 0.0916. The average molecular weight is 366 g/mol. The molecule has 1 aromatic carbocycles. The monoisotopic (exact) mass is 366 g/mol. The van der Waals surface area contributed by atoms with Crippen LogP contribution in [0.15, 0.2) is 36.5 Å². The third kappa shape index (κ3) is 3.76. The van der Waals surface area contributed by atoms with Crippen molar-refractivity contribution in [3.8, 4) is 11.8 Å². The van der Waals surface area contributed by atoms with Crippen LogP contribution in [-0.2, 0) is 7.05 Å². The van der Waals surface area contributed by atoms with E-state index >= 15 is 0 Å². The van der Waals surface area contributed by atoms with Crippen molar-refractivity contribution in [2.24, 2.45) is 7.05 Å². The van der Waals surface area contributed by atoms with Crippen LogP contribution >= 0.6 is 0 Å². The van der Waals surface area contributed by atoms with E-state index in [1.165, 1.54) is 6.07 Å². The molecule has 0 aliphatic carbocycles. The van der Waals surface area contributed by atoms with E-state index in [2.05, 4.69) is 27.5 Å².